The molecule has 2 aromatic rings. The van der Waals surface area contributed by atoms with Crippen LogP contribution in [0, 0.1) is 18.2 Å². The van der Waals surface area contributed by atoms with Crippen LogP contribution in [0.25, 0.3) is 0 Å². The second kappa shape index (κ2) is 11.5. The maximum Gasteiger partial charge on any atom is 0.311 e. The largest absolute Gasteiger partial charge is 0.493 e. The highest BCUT2D eigenvalue weighted by Crippen LogP contribution is 2.47. The molecule has 1 atom stereocenters. The van der Waals surface area contributed by atoms with Gasteiger partial charge in [0.1, 0.15) is 17.4 Å². The smallest absolute Gasteiger partial charge is 0.311 e. The van der Waals surface area contributed by atoms with Crippen LogP contribution >= 0.6 is 0 Å². The first-order valence-corrected chi connectivity index (χ1v) is 14.0. The molecule has 1 aromatic carbocycles. The van der Waals surface area contributed by atoms with Crippen molar-refractivity contribution < 1.29 is 33.1 Å². The Labute approximate surface area is 247 Å². The number of ether oxygens (including phenoxy) is 1. The molecule has 0 radical (unpaired) electrons. The molecule has 1 aliphatic carbocycles. The van der Waals surface area contributed by atoms with Gasteiger partial charge in [0.05, 0.1) is 12.1 Å². The third kappa shape index (κ3) is 5.84. The predicted molar refractivity (Wildman–Crippen MR) is 151 cm³/mol. The quantitative estimate of drug-likeness (QED) is 0.359. The van der Waals surface area contributed by atoms with E-state index in [0.29, 0.717) is 42.6 Å². The van der Waals surface area contributed by atoms with Crippen LogP contribution in [0.15, 0.2) is 47.7 Å². The topological polar surface area (TPSA) is 150 Å². The van der Waals surface area contributed by atoms with Crippen LogP contribution in [0.2, 0.25) is 0 Å². The molecule has 3 fully saturated rings. The fourth-order valence-corrected chi connectivity index (χ4v) is 5.85. The Morgan fingerprint density at radius 1 is 1.09 bits per heavy atom. The van der Waals surface area contributed by atoms with E-state index in [2.05, 4.69) is 20.6 Å². The van der Waals surface area contributed by atoms with Gasteiger partial charge in [-0.1, -0.05) is 12.1 Å². The number of aliphatic imine (C=N–C) groups is 1. The predicted octanol–water partition coefficient (Wildman–Crippen LogP) is 0.920. The van der Waals surface area contributed by atoms with Gasteiger partial charge in [-0.05, 0) is 61.9 Å². The molecule has 1 unspecified atom stereocenters. The Balaban J connectivity index is 1.46. The number of carbonyl (C=O) groups is 5. The molecule has 4 heterocycles. The Bertz CT molecular complexity index is 1500. The summed E-state index contributed by atoms with van der Waals surface area (Å²) in [5.41, 5.74) is -0.840. The molecule has 1 aromatic heterocycles. The van der Waals surface area contributed by atoms with E-state index in [1.807, 2.05) is 0 Å². The van der Waals surface area contributed by atoms with Crippen molar-refractivity contribution in [2.75, 3.05) is 27.2 Å². The summed E-state index contributed by atoms with van der Waals surface area (Å²) in [6, 6.07) is 6.11. The Morgan fingerprint density at radius 2 is 1.79 bits per heavy atom. The Morgan fingerprint density at radius 3 is 2.44 bits per heavy atom. The monoisotopic (exact) mass is 592 g/mol. The van der Waals surface area contributed by atoms with Crippen LogP contribution in [-0.4, -0.2) is 88.9 Å². The maximum atomic E-state index is 13.7. The second-order valence-electron chi connectivity index (χ2n) is 11.6. The number of aryl methyl sites for hydroxylation is 1. The van der Waals surface area contributed by atoms with E-state index < -0.39 is 46.4 Å². The molecule has 13 heteroatoms. The van der Waals surface area contributed by atoms with E-state index >= 15 is 0 Å². The number of benzene rings is 1. The lowest BCUT2D eigenvalue weighted by molar-refractivity contribution is -0.146. The summed E-state index contributed by atoms with van der Waals surface area (Å²) >= 11 is 0. The zero-order chi connectivity index (χ0) is 30.9. The third-order valence-corrected chi connectivity index (χ3v) is 8.38. The van der Waals surface area contributed by atoms with Gasteiger partial charge in [-0.2, -0.15) is 0 Å². The number of fused-ring (bicyclic) bond motifs is 2. The van der Waals surface area contributed by atoms with Crippen LogP contribution in [0.3, 0.4) is 0 Å². The van der Waals surface area contributed by atoms with Crippen molar-refractivity contribution in [2.45, 2.75) is 50.7 Å². The average molecular weight is 593 g/mol. The Kier molecular flexibility index (Phi) is 8.00. The molecule has 4 aliphatic rings. The zero-order valence-corrected chi connectivity index (χ0v) is 24.2. The molecular weight excluding hydrogens is 559 g/mol. The van der Waals surface area contributed by atoms with Crippen molar-refractivity contribution in [3.63, 3.8) is 0 Å². The molecule has 3 aliphatic heterocycles. The molecule has 1 saturated carbocycles. The van der Waals surface area contributed by atoms with Crippen molar-refractivity contribution in [2.24, 2.45) is 10.4 Å². The fraction of sp³-hybridized carbons (Fsp3) is 0.433. The molecule has 2 saturated heterocycles. The number of halogens is 1. The normalized spacial score (nSPS) is 24.4. The van der Waals surface area contributed by atoms with Crippen molar-refractivity contribution in [1.29, 1.82) is 0 Å². The lowest BCUT2D eigenvalue weighted by Gasteiger charge is -2.42. The SMILES string of the molecule is Cc1cc(CNC(=O)C2N=C3N(CC4(COc5ccncc5)CCC3(NC(=O)C(=O)N(C)C)CC4)C(=O)C2=O)ccc1F. The Hall–Kier alpha value is -4.68. The molecule has 43 heavy (non-hydrogen) atoms. The summed E-state index contributed by atoms with van der Waals surface area (Å²) < 4.78 is 19.7. The molecule has 4 amide bonds. The summed E-state index contributed by atoms with van der Waals surface area (Å²) in [4.78, 5) is 76.6. The van der Waals surface area contributed by atoms with Gasteiger partial charge in [0.2, 0.25) is 0 Å². The number of nitrogens with zero attached hydrogens (tertiary/aromatic N) is 4. The highest BCUT2D eigenvalue weighted by Gasteiger charge is 2.58. The number of hydrogen-bond acceptors (Lipinski definition) is 8. The number of pyridine rings is 1. The van der Waals surface area contributed by atoms with Gasteiger partial charge in [0, 0.05) is 45.0 Å². The first kappa shape index (κ1) is 29.8. The van der Waals surface area contributed by atoms with E-state index in [1.54, 1.807) is 37.5 Å². The number of Topliss-reactive ketones (excluding diaryl/α,β-unsaturated/α-hetero) is 1. The number of aromatic nitrogens is 1. The van der Waals surface area contributed by atoms with Crippen LogP contribution in [0.5, 0.6) is 5.75 Å². The average Bonchev–Trinajstić information content (AvgIpc) is 3.21. The highest BCUT2D eigenvalue weighted by atomic mass is 19.1. The summed E-state index contributed by atoms with van der Waals surface area (Å²) in [7, 11) is 2.90. The van der Waals surface area contributed by atoms with Crippen molar-refractivity contribution in [3.05, 3.63) is 59.7 Å². The minimum absolute atomic E-state index is 0.0127. The van der Waals surface area contributed by atoms with Gasteiger partial charge in [-0.15, -0.1) is 0 Å². The molecule has 2 bridgehead atoms. The van der Waals surface area contributed by atoms with E-state index in [1.165, 1.54) is 31.1 Å². The van der Waals surface area contributed by atoms with Crippen molar-refractivity contribution >= 4 is 35.2 Å². The summed E-state index contributed by atoms with van der Waals surface area (Å²) in [5, 5.41) is 5.43. The van der Waals surface area contributed by atoms with Gasteiger partial charge in [0.25, 0.3) is 17.6 Å². The molecule has 0 spiro atoms. The molecule has 2 N–H and O–H groups in total. The number of amidine groups is 1. The third-order valence-electron chi connectivity index (χ3n) is 8.38. The number of rotatable bonds is 7. The molecule has 6 rings (SSSR count). The lowest BCUT2D eigenvalue weighted by Crippen LogP contribution is -2.65. The first-order valence-electron chi connectivity index (χ1n) is 14.0. The number of likely N-dealkylation sites (N-methyl/N-ethyl adjacent to an activating group) is 1. The van der Waals surface area contributed by atoms with Gasteiger partial charge in [0.15, 0.2) is 6.04 Å². The van der Waals surface area contributed by atoms with Gasteiger partial charge in [-0.3, -0.25) is 33.9 Å². The van der Waals surface area contributed by atoms with E-state index in [9.17, 15) is 28.4 Å². The van der Waals surface area contributed by atoms with Gasteiger partial charge >= 0.3 is 11.8 Å². The van der Waals surface area contributed by atoms with Crippen LogP contribution in [-0.2, 0) is 30.5 Å². The second-order valence-corrected chi connectivity index (χ2v) is 11.6. The minimum Gasteiger partial charge on any atom is -0.493 e. The van der Waals surface area contributed by atoms with Gasteiger partial charge < -0.3 is 20.3 Å². The number of ketones is 1. The molecular formula is C30H33FN6O6. The van der Waals surface area contributed by atoms with Crippen LogP contribution < -0.4 is 15.4 Å². The summed E-state index contributed by atoms with van der Waals surface area (Å²) in [5.74, 6) is -4.10. The minimum atomic E-state index is -1.68. The molecule has 12 nitrogen and oxygen atoms in total. The summed E-state index contributed by atoms with van der Waals surface area (Å²) in [6.07, 6.45) is 4.80. The van der Waals surface area contributed by atoms with Crippen LogP contribution in [0.1, 0.15) is 36.8 Å². The van der Waals surface area contributed by atoms with E-state index in [0.717, 1.165) is 4.90 Å². The first-order chi connectivity index (χ1) is 20.4. The van der Waals surface area contributed by atoms with E-state index in [-0.39, 0.29) is 31.3 Å². The summed E-state index contributed by atoms with van der Waals surface area (Å²) in [6.45, 7) is 1.89. The highest BCUT2D eigenvalue weighted by molar-refractivity contribution is 6.46. The maximum absolute atomic E-state index is 13.7. The van der Waals surface area contributed by atoms with E-state index in [4.69, 9.17) is 4.74 Å². The van der Waals surface area contributed by atoms with Gasteiger partial charge in [-0.25, -0.2) is 9.38 Å². The standard InChI is InChI=1S/C30H33FN6O6/c1-18-14-19(4-5-21(18)31)15-33-24(39)22-23(38)26(41)37-16-29(17-43-20-6-12-32-13-7-20)8-10-30(11-9-29,28(37)34-22)35-25(40)27(42)36(2)3/h4-7,12-14,22H,8-11,15-17H2,1-3H3,(H,33,39)(H,35,40). The van der Waals surface area contributed by atoms with Crippen LogP contribution in [0.4, 0.5) is 4.39 Å². The zero-order valence-electron chi connectivity index (χ0n) is 24.2. The lowest BCUT2D eigenvalue weighted by atomic mass is 9.69. The van der Waals surface area contributed by atoms with Crippen molar-refractivity contribution in [3.8, 4) is 5.75 Å². The number of hydrogen-bond donors (Lipinski definition) is 2. The van der Waals surface area contributed by atoms with Crippen molar-refractivity contribution in [1.82, 2.24) is 25.4 Å². The number of amides is 4. The number of nitrogens with one attached hydrogen (secondary N) is 2. The fourth-order valence-electron chi connectivity index (χ4n) is 5.85. The number of carbonyl (C=O) groups excluding carboxylic acids is 5. The molecule has 226 valence electrons.